The molecule has 2 aromatic heterocycles. The first-order valence-corrected chi connectivity index (χ1v) is 11.6. The fraction of sp³-hybridized carbons (Fsp3) is 0.435. The van der Waals surface area contributed by atoms with Crippen LogP contribution in [0.15, 0.2) is 29.6 Å². The molecule has 4 rings (SSSR count). The van der Waals surface area contributed by atoms with E-state index in [0.29, 0.717) is 25.4 Å². The quantitative estimate of drug-likeness (QED) is 0.529. The van der Waals surface area contributed by atoms with E-state index in [1.54, 1.807) is 16.0 Å². The van der Waals surface area contributed by atoms with Gasteiger partial charge in [-0.1, -0.05) is 6.07 Å². The molecule has 9 heteroatoms. The maximum atomic E-state index is 13.6. The van der Waals surface area contributed by atoms with Gasteiger partial charge < -0.3 is 9.64 Å². The van der Waals surface area contributed by atoms with Gasteiger partial charge in [0.2, 0.25) is 5.91 Å². The number of likely N-dealkylation sites (tertiary alicyclic amines) is 1. The summed E-state index contributed by atoms with van der Waals surface area (Å²) in [5.41, 5.74) is 2.76. The normalized spacial score (nSPS) is 14.7. The summed E-state index contributed by atoms with van der Waals surface area (Å²) < 4.78 is 34.3. The Morgan fingerprint density at radius 2 is 1.94 bits per heavy atom. The van der Waals surface area contributed by atoms with Gasteiger partial charge in [-0.05, 0) is 44.9 Å². The van der Waals surface area contributed by atoms with Crippen molar-refractivity contribution in [3.05, 3.63) is 63.4 Å². The number of rotatable bonds is 7. The summed E-state index contributed by atoms with van der Waals surface area (Å²) in [6, 6.07) is 5.63. The SMILES string of the molecule is Cc1cc(C)n(CC(=O)N2CCC(c3nc(CCOc4c(F)cccc4F)cs3)CC2)n1. The summed E-state index contributed by atoms with van der Waals surface area (Å²) in [7, 11) is 0. The minimum Gasteiger partial charge on any atom is -0.487 e. The van der Waals surface area contributed by atoms with Crippen LogP contribution in [0.25, 0.3) is 0 Å². The van der Waals surface area contributed by atoms with Gasteiger partial charge in [0.1, 0.15) is 6.54 Å². The third-order valence-corrected chi connectivity index (χ3v) is 6.73. The van der Waals surface area contributed by atoms with Crippen molar-refractivity contribution in [2.75, 3.05) is 19.7 Å². The molecule has 0 saturated carbocycles. The number of hydrogen-bond donors (Lipinski definition) is 0. The molecule has 0 bridgehead atoms. The Labute approximate surface area is 189 Å². The van der Waals surface area contributed by atoms with Gasteiger partial charge in [-0.3, -0.25) is 9.48 Å². The van der Waals surface area contributed by atoms with Crippen LogP contribution in [0.1, 0.15) is 40.8 Å². The molecule has 170 valence electrons. The predicted octanol–water partition coefficient (Wildman–Crippen LogP) is 4.26. The van der Waals surface area contributed by atoms with Gasteiger partial charge in [-0.2, -0.15) is 5.10 Å². The van der Waals surface area contributed by atoms with Crippen LogP contribution in [0, 0.1) is 25.5 Å². The molecule has 0 radical (unpaired) electrons. The maximum absolute atomic E-state index is 13.6. The number of aromatic nitrogens is 3. The van der Waals surface area contributed by atoms with Crippen molar-refractivity contribution in [3.8, 4) is 5.75 Å². The first kappa shape index (κ1) is 22.4. The van der Waals surface area contributed by atoms with Crippen LogP contribution < -0.4 is 4.74 Å². The van der Waals surface area contributed by atoms with Gasteiger partial charge in [0.15, 0.2) is 17.4 Å². The smallest absolute Gasteiger partial charge is 0.244 e. The molecule has 3 heterocycles. The van der Waals surface area contributed by atoms with Crippen LogP contribution in [0.3, 0.4) is 0 Å². The second-order valence-corrected chi connectivity index (χ2v) is 8.96. The van der Waals surface area contributed by atoms with Gasteiger partial charge in [0.25, 0.3) is 0 Å². The number of thiazole rings is 1. The number of amides is 1. The lowest BCUT2D eigenvalue weighted by Gasteiger charge is -2.31. The number of aryl methyl sites for hydroxylation is 2. The van der Waals surface area contributed by atoms with Gasteiger partial charge in [0.05, 0.1) is 23.0 Å². The minimum absolute atomic E-state index is 0.0898. The number of carbonyl (C=O) groups excluding carboxylic acids is 1. The van der Waals surface area contributed by atoms with Gasteiger partial charge in [-0.25, -0.2) is 13.8 Å². The highest BCUT2D eigenvalue weighted by molar-refractivity contribution is 7.09. The largest absolute Gasteiger partial charge is 0.487 e. The monoisotopic (exact) mass is 460 g/mol. The highest BCUT2D eigenvalue weighted by Gasteiger charge is 2.26. The van der Waals surface area contributed by atoms with Crippen LogP contribution in [-0.2, 0) is 17.8 Å². The summed E-state index contributed by atoms with van der Waals surface area (Å²) in [4.78, 5) is 19.2. The lowest BCUT2D eigenvalue weighted by atomic mass is 9.97. The lowest BCUT2D eigenvalue weighted by Crippen LogP contribution is -2.40. The Morgan fingerprint density at radius 3 is 2.59 bits per heavy atom. The van der Waals surface area contributed by atoms with E-state index in [9.17, 15) is 13.6 Å². The molecule has 0 spiro atoms. The summed E-state index contributed by atoms with van der Waals surface area (Å²) >= 11 is 1.59. The number of piperidine rings is 1. The van der Waals surface area contributed by atoms with Crippen LogP contribution in [0.4, 0.5) is 8.78 Å². The van der Waals surface area contributed by atoms with Crippen molar-refractivity contribution in [3.63, 3.8) is 0 Å². The number of nitrogens with zero attached hydrogens (tertiary/aromatic N) is 4. The molecule has 3 aromatic rings. The van der Waals surface area contributed by atoms with Gasteiger partial charge in [0, 0.05) is 36.5 Å². The topological polar surface area (TPSA) is 60.2 Å². The second kappa shape index (κ2) is 9.77. The number of carbonyl (C=O) groups is 1. The highest BCUT2D eigenvalue weighted by atomic mass is 32.1. The van der Waals surface area contributed by atoms with E-state index in [4.69, 9.17) is 9.72 Å². The van der Waals surface area contributed by atoms with Crippen LogP contribution in [-0.4, -0.2) is 45.3 Å². The van der Waals surface area contributed by atoms with Crippen LogP contribution >= 0.6 is 11.3 Å². The Hall–Kier alpha value is -2.81. The molecule has 0 unspecified atom stereocenters. The highest BCUT2D eigenvalue weighted by Crippen LogP contribution is 2.30. The van der Waals surface area contributed by atoms with Gasteiger partial charge in [-0.15, -0.1) is 11.3 Å². The van der Waals surface area contributed by atoms with Crippen molar-refractivity contribution in [1.29, 1.82) is 0 Å². The number of para-hydroxylation sites is 1. The van der Waals surface area contributed by atoms with Crippen molar-refractivity contribution in [2.45, 2.75) is 45.6 Å². The molecule has 1 aromatic carbocycles. The number of hydrogen-bond acceptors (Lipinski definition) is 5. The van der Waals surface area contributed by atoms with E-state index in [1.165, 1.54) is 18.2 Å². The van der Waals surface area contributed by atoms with Crippen LogP contribution in [0.5, 0.6) is 5.75 Å². The molecule has 1 amide bonds. The average molecular weight is 461 g/mol. The zero-order valence-electron chi connectivity index (χ0n) is 18.2. The van der Waals surface area contributed by atoms with Crippen molar-refractivity contribution in [1.82, 2.24) is 19.7 Å². The van der Waals surface area contributed by atoms with Crippen molar-refractivity contribution < 1.29 is 18.3 Å². The van der Waals surface area contributed by atoms with E-state index in [0.717, 1.165) is 34.9 Å². The molecular formula is C23H26F2N4O2S. The average Bonchev–Trinajstić information content (AvgIpc) is 3.36. The number of halogens is 2. The third kappa shape index (κ3) is 5.15. The molecule has 1 aliphatic heterocycles. The fourth-order valence-electron chi connectivity index (χ4n) is 3.94. The summed E-state index contributed by atoms with van der Waals surface area (Å²) in [5, 5.41) is 7.39. The zero-order valence-corrected chi connectivity index (χ0v) is 19.0. The Bertz CT molecular complexity index is 1070. The molecule has 1 aliphatic rings. The molecule has 32 heavy (non-hydrogen) atoms. The molecule has 0 N–H and O–H groups in total. The molecular weight excluding hydrogens is 434 g/mol. The fourth-order valence-corrected chi connectivity index (χ4v) is 4.97. The summed E-state index contributed by atoms with van der Waals surface area (Å²) in [6.07, 6.45) is 2.21. The molecule has 1 saturated heterocycles. The van der Waals surface area contributed by atoms with E-state index >= 15 is 0 Å². The molecule has 6 nitrogen and oxygen atoms in total. The van der Waals surface area contributed by atoms with Gasteiger partial charge >= 0.3 is 0 Å². The molecule has 1 fully saturated rings. The first-order chi connectivity index (χ1) is 15.4. The van der Waals surface area contributed by atoms with Crippen molar-refractivity contribution in [2.24, 2.45) is 0 Å². The number of benzene rings is 1. The number of ether oxygens (including phenoxy) is 1. The predicted molar refractivity (Wildman–Crippen MR) is 118 cm³/mol. The first-order valence-electron chi connectivity index (χ1n) is 10.7. The Balaban J connectivity index is 1.25. The third-order valence-electron chi connectivity index (χ3n) is 5.68. The van der Waals surface area contributed by atoms with E-state index in [2.05, 4.69) is 5.10 Å². The van der Waals surface area contributed by atoms with Crippen LogP contribution in [0.2, 0.25) is 0 Å². The van der Waals surface area contributed by atoms with E-state index < -0.39 is 11.6 Å². The zero-order chi connectivity index (χ0) is 22.7. The minimum atomic E-state index is -0.705. The maximum Gasteiger partial charge on any atom is 0.244 e. The van der Waals surface area contributed by atoms with Crippen molar-refractivity contribution >= 4 is 17.2 Å². The Kier molecular flexibility index (Phi) is 6.83. The second-order valence-electron chi connectivity index (χ2n) is 8.07. The Morgan fingerprint density at radius 1 is 1.22 bits per heavy atom. The lowest BCUT2D eigenvalue weighted by molar-refractivity contribution is -0.133. The standard InChI is InChI=1S/C23H26F2N4O2S/c1-15-12-16(2)29(27-15)13-21(30)28-9-6-17(7-10-28)23-26-18(14-32-23)8-11-31-22-19(24)4-3-5-20(22)25/h3-5,12,14,17H,6-11,13H2,1-2H3. The van der Waals surface area contributed by atoms with E-state index in [-0.39, 0.29) is 24.8 Å². The van der Waals surface area contributed by atoms with E-state index in [1.807, 2.05) is 30.2 Å². The molecule has 0 aliphatic carbocycles. The molecule has 0 atom stereocenters. The summed E-state index contributed by atoms with van der Waals surface area (Å²) in [5.74, 6) is -1.35. The summed E-state index contributed by atoms with van der Waals surface area (Å²) in [6.45, 7) is 5.71.